The number of hydrogen-bond acceptors (Lipinski definition) is 1. The van der Waals surface area contributed by atoms with Crippen LogP contribution in [0.25, 0.3) is 21.2 Å². The third-order valence-electron chi connectivity index (χ3n) is 2.34. The van der Waals surface area contributed by atoms with Crippen LogP contribution >= 0.6 is 11.3 Å². The Morgan fingerprint density at radius 3 is 2.85 bits per heavy atom. The van der Waals surface area contributed by atoms with Crippen molar-refractivity contribution in [1.29, 1.82) is 0 Å². The van der Waals surface area contributed by atoms with Crippen molar-refractivity contribution in [3.05, 3.63) is 47.8 Å². The van der Waals surface area contributed by atoms with Crippen molar-refractivity contribution >= 4 is 21.4 Å². The molecule has 0 saturated carbocycles. The molecule has 0 atom stereocenters. The molecule has 1 aromatic heterocycles. The van der Waals surface area contributed by atoms with Gasteiger partial charge in [-0.05, 0) is 28.6 Å². The fourth-order valence-corrected chi connectivity index (χ4v) is 2.58. The first-order chi connectivity index (χ1) is 6.45. The predicted octanol–water partition coefficient (Wildman–Crippen LogP) is 4.01. The van der Waals surface area contributed by atoms with E-state index in [1.165, 1.54) is 21.2 Å². The van der Waals surface area contributed by atoms with Crippen molar-refractivity contribution in [2.24, 2.45) is 0 Å². The molecule has 0 saturated heterocycles. The zero-order valence-corrected chi connectivity index (χ0v) is 7.84. The minimum atomic E-state index is 1.34. The summed E-state index contributed by atoms with van der Waals surface area (Å²) in [6.07, 6.45) is 0. The molecule has 0 aromatic carbocycles. The van der Waals surface area contributed by atoms with Gasteiger partial charge in [-0.25, -0.2) is 0 Å². The maximum atomic E-state index is 2.26. The minimum absolute atomic E-state index is 1.34. The summed E-state index contributed by atoms with van der Waals surface area (Å²) in [5.41, 5.74) is 2.70. The van der Waals surface area contributed by atoms with Gasteiger partial charge in [0.25, 0.3) is 0 Å². The molecule has 0 N–H and O–H groups in total. The van der Waals surface area contributed by atoms with E-state index >= 15 is 0 Å². The van der Waals surface area contributed by atoms with Gasteiger partial charge in [-0.15, -0.1) is 11.3 Å². The summed E-state index contributed by atoms with van der Waals surface area (Å²) in [7, 11) is 0. The Morgan fingerprint density at radius 2 is 1.85 bits per heavy atom. The van der Waals surface area contributed by atoms with Crippen LogP contribution in [0.5, 0.6) is 0 Å². The molecule has 1 heteroatoms. The normalized spacial score (nSPS) is 11.1. The molecule has 0 amide bonds. The van der Waals surface area contributed by atoms with E-state index in [-0.39, 0.29) is 0 Å². The lowest BCUT2D eigenvalue weighted by molar-refractivity contribution is 1.86. The van der Waals surface area contributed by atoms with Crippen LogP contribution in [0.4, 0.5) is 0 Å². The molecule has 1 heterocycles. The van der Waals surface area contributed by atoms with Crippen LogP contribution < -0.4 is 0 Å². The number of rotatable bonds is 0. The largest absolute Gasteiger partial charge is 0.144 e. The third kappa shape index (κ3) is 0.973. The predicted molar refractivity (Wildman–Crippen MR) is 58.4 cm³/mol. The summed E-state index contributed by atoms with van der Waals surface area (Å²) >= 11 is 1.81. The van der Waals surface area contributed by atoms with Crippen molar-refractivity contribution < 1.29 is 0 Å². The van der Waals surface area contributed by atoms with Crippen LogP contribution in [0.2, 0.25) is 0 Å². The zero-order valence-electron chi connectivity index (χ0n) is 7.03. The fourth-order valence-electron chi connectivity index (χ4n) is 1.73. The van der Waals surface area contributed by atoms with Crippen molar-refractivity contribution in [2.75, 3.05) is 0 Å². The molecule has 0 bridgehead atoms. The minimum Gasteiger partial charge on any atom is -0.144 e. The Morgan fingerprint density at radius 1 is 0.923 bits per heavy atom. The summed E-state index contributed by atoms with van der Waals surface area (Å²) in [5.74, 6) is 0. The zero-order chi connectivity index (χ0) is 8.67. The molecular weight excluding hydrogens is 176 g/mol. The van der Waals surface area contributed by atoms with Gasteiger partial charge in [0, 0.05) is 10.1 Å². The van der Waals surface area contributed by atoms with E-state index in [1.807, 2.05) is 11.3 Å². The SMILES string of the molecule is c1ccc2cc3sccc3c-2cc1. The van der Waals surface area contributed by atoms with E-state index in [2.05, 4.69) is 47.8 Å². The number of fused-ring (bicyclic) bond motifs is 3. The third-order valence-corrected chi connectivity index (χ3v) is 3.21. The van der Waals surface area contributed by atoms with Gasteiger partial charge in [-0.1, -0.05) is 30.3 Å². The average molecular weight is 184 g/mol. The van der Waals surface area contributed by atoms with Crippen molar-refractivity contribution in [1.82, 2.24) is 0 Å². The number of hydrogen-bond donors (Lipinski definition) is 0. The van der Waals surface area contributed by atoms with Crippen LogP contribution in [-0.2, 0) is 0 Å². The molecule has 2 aliphatic carbocycles. The lowest BCUT2D eigenvalue weighted by atomic mass is 10.1. The molecule has 0 spiro atoms. The Balaban J connectivity index is 2.54. The van der Waals surface area contributed by atoms with Gasteiger partial charge in [0.15, 0.2) is 0 Å². The molecule has 62 valence electrons. The molecule has 0 aliphatic heterocycles. The fraction of sp³-hybridized carbons (Fsp3) is 0. The Kier molecular flexibility index (Phi) is 1.41. The summed E-state index contributed by atoms with van der Waals surface area (Å²) in [5, 5.41) is 3.54. The van der Waals surface area contributed by atoms with Gasteiger partial charge >= 0.3 is 0 Å². The summed E-state index contributed by atoms with van der Waals surface area (Å²) in [6.45, 7) is 0. The van der Waals surface area contributed by atoms with E-state index in [1.54, 1.807) is 0 Å². The van der Waals surface area contributed by atoms with Crippen LogP contribution in [0.3, 0.4) is 0 Å². The molecule has 3 rings (SSSR count). The lowest BCUT2D eigenvalue weighted by Crippen LogP contribution is -1.63. The second-order valence-corrected chi connectivity index (χ2v) is 4.07. The molecule has 0 radical (unpaired) electrons. The Hall–Kier alpha value is -1.34. The van der Waals surface area contributed by atoms with Crippen LogP contribution in [0.15, 0.2) is 47.8 Å². The van der Waals surface area contributed by atoms with Gasteiger partial charge in [0.1, 0.15) is 0 Å². The second kappa shape index (κ2) is 2.57. The monoisotopic (exact) mass is 184 g/mol. The molecule has 2 aliphatic rings. The molecular formula is C12H8S. The number of thiophene rings is 1. The van der Waals surface area contributed by atoms with E-state index in [0.717, 1.165) is 0 Å². The van der Waals surface area contributed by atoms with Gasteiger partial charge in [-0.2, -0.15) is 0 Å². The standard InChI is InChI=1S/C12H8S/c1-2-4-9-8-12-11(6-7-13-12)10(9)5-3-1/h1-8H. The Bertz CT molecular complexity index is 522. The average Bonchev–Trinajstić information content (AvgIpc) is 2.61. The van der Waals surface area contributed by atoms with Crippen molar-refractivity contribution in [3.8, 4) is 11.1 Å². The first-order valence-corrected chi connectivity index (χ1v) is 5.18. The highest BCUT2D eigenvalue weighted by atomic mass is 32.1. The molecule has 0 nitrogen and oxygen atoms in total. The van der Waals surface area contributed by atoms with E-state index < -0.39 is 0 Å². The summed E-state index contributed by atoms with van der Waals surface area (Å²) < 4.78 is 1.39. The molecule has 0 fully saturated rings. The van der Waals surface area contributed by atoms with Crippen LogP contribution in [0.1, 0.15) is 0 Å². The second-order valence-electron chi connectivity index (χ2n) is 3.12. The maximum Gasteiger partial charge on any atom is 0.0355 e. The van der Waals surface area contributed by atoms with E-state index in [9.17, 15) is 0 Å². The molecule has 1 aromatic rings. The van der Waals surface area contributed by atoms with Gasteiger partial charge in [0.2, 0.25) is 0 Å². The van der Waals surface area contributed by atoms with Crippen LogP contribution in [0, 0.1) is 0 Å². The van der Waals surface area contributed by atoms with Gasteiger partial charge in [0.05, 0.1) is 0 Å². The Labute approximate surface area is 80.8 Å². The first-order valence-electron chi connectivity index (χ1n) is 4.30. The van der Waals surface area contributed by atoms with Crippen LogP contribution in [-0.4, -0.2) is 0 Å². The van der Waals surface area contributed by atoms with E-state index in [4.69, 9.17) is 0 Å². The molecule has 0 unspecified atom stereocenters. The van der Waals surface area contributed by atoms with Gasteiger partial charge in [-0.3, -0.25) is 0 Å². The quantitative estimate of drug-likeness (QED) is 0.495. The smallest absolute Gasteiger partial charge is 0.0355 e. The first kappa shape index (κ1) is 7.10. The molecule has 13 heavy (non-hydrogen) atoms. The highest BCUT2D eigenvalue weighted by Crippen LogP contribution is 2.36. The van der Waals surface area contributed by atoms with Gasteiger partial charge < -0.3 is 0 Å². The lowest BCUT2D eigenvalue weighted by Gasteiger charge is -1.89. The highest BCUT2D eigenvalue weighted by molar-refractivity contribution is 7.17. The van der Waals surface area contributed by atoms with E-state index in [0.29, 0.717) is 0 Å². The summed E-state index contributed by atoms with van der Waals surface area (Å²) in [4.78, 5) is 0. The maximum absolute atomic E-state index is 2.26. The van der Waals surface area contributed by atoms with Crippen molar-refractivity contribution in [3.63, 3.8) is 0 Å². The summed E-state index contributed by atoms with van der Waals surface area (Å²) in [6, 6.07) is 15.1. The topological polar surface area (TPSA) is 0 Å². The van der Waals surface area contributed by atoms with Crippen molar-refractivity contribution in [2.45, 2.75) is 0 Å². The highest BCUT2D eigenvalue weighted by Gasteiger charge is 2.07.